The van der Waals surface area contributed by atoms with Gasteiger partial charge in [-0.25, -0.2) is 9.37 Å². The van der Waals surface area contributed by atoms with Crippen molar-refractivity contribution in [3.8, 4) is 22.8 Å². The smallest absolute Gasteiger partial charge is 0.213 e. The van der Waals surface area contributed by atoms with Gasteiger partial charge in [0.05, 0.1) is 26.4 Å². The number of unbranched alkanes of at least 4 members (excludes halogenated alkanes) is 1. The molecule has 2 aromatic rings. The molecule has 7 heteroatoms. The molecular formula is C23H28FNO4S. The summed E-state index contributed by atoms with van der Waals surface area (Å²) in [5.74, 6) is 0.0988. The third-order valence-corrected chi connectivity index (χ3v) is 5.75. The van der Waals surface area contributed by atoms with E-state index in [1.54, 1.807) is 31.2 Å². The molecule has 1 heterocycles. The van der Waals surface area contributed by atoms with E-state index in [1.807, 2.05) is 13.0 Å². The highest BCUT2D eigenvalue weighted by molar-refractivity contribution is 8.06. The highest BCUT2D eigenvalue weighted by Gasteiger charge is 2.24. The summed E-state index contributed by atoms with van der Waals surface area (Å²) >= 11 is 1.25. The van der Waals surface area contributed by atoms with Gasteiger partial charge in [0.1, 0.15) is 17.7 Å². The van der Waals surface area contributed by atoms with E-state index >= 15 is 4.39 Å². The van der Waals surface area contributed by atoms with Gasteiger partial charge in [-0.3, -0.25) is 0 Å². The Bertz CT molecular complexity index is 914. The van der Waals surface area contributed by atoms with Crippen molar-refractivity contribution < 1.29 is 24.1 Å². The van der Waals surface area contributed by atoms with Crippen LogP contribution in [0.25, 0.3) is 11.1 Å². The lowest BCUT2D eigenvalue weighted by Gasteiger charge is -2.19. The minimum atomic E-state index is -1.19. The first-order chi connectivity index (χ1) is 14.5. The predicted octanol–water partition coefficient (Wildman–Crippen LogP) is 5.25. The van der Waals surface area contributed by atoms with Crippen LogP contribution in [0.1, 0.15) is 38.4 Å². The van der Waals surface area contributed by atoms with Crippen LogP contribution in [0.5, 0.6) is 11.6 Å². The Kier molecular flexibility index (Phi) is 9.36. The third kappa shape index (κ3) is 5.62. The van der Waals surface area contributed by atoms with E-state index in [4.69, 9.17) is 9.47 Å². The minimum absolute atomic E-state index is 0.120. The molecule has 1 aromatic carbocycles. The number of thioether (sulfide) groups is 1. The summed E-state index contributed by atoms with van der Waals surface area (Å²) < 4.78 is 26.1. The van der Waals surface area contributed by atoms with Crippen LogP contribution in [0.4, 0.5) is 4.39 Å². The van der Waals surface area contributed by atoms with E-state index in [0.717, 1.165) is 17.7 Å². The van der Waals surface area contributed by atoms with E-state index in [0.29, 0.717) is 22.1 Å². The number of ether oxygens (including phenoxy) is 2. The lowest BCUT2D eigenvalue weighted by atomic mass is 9.98. The molecule has 1 aromatic heterocycles. The zero-order valence-corrected chi connectivity index (χ0v) is 18.5. The number of hydrogen-bond acceptors (Lipinski definition) is 6. The molecule has 0 bridgehead atoms. The molecule has 162 valence electrons. The molecule has 0 spiro atoms. The van der Waals surface area contributed by atoms with Crippen molar-refractivity contribution >= 4 is 11.8 Å². The first-order valence-corrected chi connectivity index (χ1v) is 10.5. The monoisotopic (exact) mass is 433 g/mol. The fourth-order valence-corrected chi connectivity index (χ4v) is 3.85. The quantitative estimate of drug-likeness (QED) is 0.533. The maximum absolute atomic E-state index is 15.6. The fourth-order valence-electron chi connectivity index (χ4n) is 2.92. The second-order valence-electron chi connectivity index (χ2n) is 6.45. The molecule has 0 amide bonds. The van der Waals surface area contributed by atoms with Crippen LogP contribution in [0.3, 0.4) is 0 Å². The van der Waals surface area contributed by atoms with E-state index in [1.165, 1.54) is 38.2 Å². The Hall–Kier alpha value is -2.35. The van der Waals surface area contributed by atoms with E-state index in [-0.39, 0.29) is 17.7 Å². The molecule has 2 N–H and O–H groups in total. The number of rotatable bonds is 10. The normalized spacial score (nSPS) is 13.3. The second kappa shape index (κ2) is 11.7. The van der Waals surface area contributed by atoms with Crippen LogP contribution in [-0.4, -0.2) is 36.0 Å². The van der Waals surface area contributed by atoms with Crippen molar-refractivity contribution in [2.75, 3.05) is 20.8 Å². The van der Waals surface area contributed by atoms with Gasteiger partial charge in [0, 0.05) is 27.6 Å². The molecule has 0 fully saturated rings. The van der Waals surface area contributed by atoms with Crippen LogP contribution in [0.15, 0.2) is 52.4 Å². The predicted molar refractivity (Wildman–Crippen MR) is 119 cm³/mol. The van der Waals surface area contributed by atoms with Gasteiger partial charge in [-0.1, -0.05) is 37.3 Å². The summed E-state index contributed by atoms with van der Waals surface area (Å²) in [5, 5.41) is 20.6. The van der Waals surface area contributed by atoms with Crippen molar-refractivity contribution in [1.29, 1.82) is 0 Å². The fraction of sp³-hybridized carbons (Fsp3) is 0.348. The summed E-state index contributed by atoms with van der Waals surface area (Å²) in [6, 6.07) is 6.41. The zero-order chi connectivity index (χ0) is 22.1. The molecule has 0 aliphatic rings. The van der Waals surface area contributed by atoms with Gasteiger partial charge in [-0.2, -0.15) is 0 Å². The number of aliphatic hydroxyl groups is 2. The number of allylic oxidation sites excluding steroid dienone is 2. The van der Waals surface area contributed by atoms with E-state index < -0.39 is 11.9 Å². The maximum atomic E-state index is 15.6. The van der Waals surface area contributed by atoms with Gasteiger partial charge in [-0.15, -0.1) is 0 Å². The lowest BCUT2D eigenvalue weighted by molar-refractivity contribution is 0.219. The molecule has 0 unspecified atom stereocenters. The van der Waals surface area contributed by atoms with Crippen molar-refractivity contribution in [3.63, 3.8) is 0 Å². The van der Waals surface area contributed by atoms with Crippen LogP contribution in [0.2, 0.25) is 0 Å². The van der Waals surface area contributed by atoms with Crippen LogP contribution in [0, 0.1) is 5.82 Å². The highest BCUT2D eigenvalue weighted by Crippen LogP contribution is 2.41. The third-order valence-electron chi connectivity index (χ3n) is 4.50. The Morgan fingerprint density at radius 3 is 2.63 bits per heavy atom. The average molecular weight is 434 g/mol. The molecule has 0 saturated carbocycles. The minimum Gasteiger partial charge on any atom is -0.496 e. The maximum Gasteiger partial charge on any atom is 0.213 e. The van der Waals surface area contributed by atoms with Crippen LogP contribution in [-0.2, 0) is 0 Å². The number of benzene rings is 1. The van der Waals surface area contributed by atoms with Crippen molar-refractivity contribution in [2.24, 2.45) is 0 Å². The second-order valence-corrected chi connectivity index (χ2v) is 7.65. The molecule has 0 aliphatic carbocycles. The number of hydrogen-bond donors (Lipinski definition) is 2. The lowest BCUT2D eigenvalue weighted by Crippen LogP contribution is -2.06. The van der Waals surface area contributed by atoms with Crippen molar-refractivity contribution in [3.05, 3.63) is 63.8 Å². The molecule has 5 nitrogen and oxygen atoms in total. The summed E-state index contributed by atoms with van der Waals surface area (Å²) in [5.41, 5.74) is 0.868. The average Bonchev–Trinajstić information content (AvgIpc) is 2.78. The van der Waals surface area contributed by atoms with Gasteiger partial charge in [0.25, 0.3) is 0 Å². The molecule has 30 heavy (non-hydrogen) atoms. The standard InChI is InChI=1S/C23H28FNO4S/c1-5-7-8-16(14-26)30-19(6-2)23(27)17-9-10-18(28-3)21(22(17)24)15-11-12-25-20(13-15)29-4/h6,8-13,23,26-27H,5,7,14H2,1-4H3/b16-8+,19-6-/t23-/m1/s1. The Morgan fingerprint density at radius 2 is 2.03 bits per heavy atom. The molecule has 1 atom stereocenters. The molecule has 0 radical (unpaired) electrons. The van der Waals surface area contributed by atoms with Gasteiger partial charge in [0.2, 0.25) is 5.88 Å². The number of aromatic nitrogens is 1. The van der Waals surface area contributed by atoms with Crippen LogP contribution >= 0.6 is 11.8 Å². The number of aliphatic hydroxyl groups excluding tert-OH is 2. The van der Waals surface area contributed by atoms with Crippen molar-refractivity contribution in [1.82, 2.24) is 4.98 Å². The van der Waals surface area contributed by atoms with Gasteiger partial charge >= 0.3 is 0 Å². The molecule has 0 aliphatic heterocycles. The Labute approximate surface area is 181 Å². The first-order valence-electron chi connectivity index (χ1n) is 9.69. The van der Waals surface area contributed by atoms with Gasteiger partial charge in [-0.05, 0) is 37.1 Å². The largest absolute Gasteiger partial charge is 0.496 e. The molecular weight excluding hydrogens is 405 g/mol. The van der Waals surface area contributed by atoms with Crippen LogP contribution < -0.4 is 9.47 Å². The van der Waals surface area contributed by atoms with Gasteiger partial charge in [0.15, 0.2) is 0 Å². The highest BCUT2D eigenvalue weighted by atomic mass is 32.2. The zero-order valence-electron chi connectivity index (χ0n) is 17.7. The number of methoxy groups -OCH3 is 2. The Balaban J connectivity index is 2.48. The van der Waals surface area contributed by atoms with Crippen molar-refractivity contribution in [2.45, 2.75) is 32.8 Å². The topological polar surface area (TPSA) is 71.8 Å². The first kappa shape index (κ1) is 23.9. The van der Waals surface area contributed by atoms with E-state index in [9.17, 15) is 10.2 Å². The number of halogens is 1. The van der Waals surface area contributed by atoms with Gasteiger partial charge < -0.3 is 19.7 Å². The number of nitrogens with zero attached hydrogens (tertiary/aromatic N) is 1. The molecule has 0 saturated heterocycles. The summed E-state index contributed by atoms with van der Waals surface area (Å²) in [4.78, 5) is 5.31. The van der Waals surface area contributed by atoms with E-state index in [2.05, 4.69) is 4.98 Å². The number of pyridine rings is 1. The summed E-state index contributed by atoms with van der Waals surface area (Å²) in [7, 11) is 2.95. The molecule has 2 rings (SSSR count). The Morgan fingerprint density at radius 1 is 1.27 bits per heavy atom. The summed E-state index contributed by atoms with van der Waals surface area (Å²) in [6.45, 7) is 3.68. The summed E-state index contributed by atoms with van der Waals surface area (Å²) in [6.07, 6.45) is 5.76. The SMILES string of the molecule is C/C=C(\S/C(=C/CCC)CO)[C@H](O)c1ccc(OC)c(-c2ccnc(OC)c2)c1F.